The van der Waals surface area contributed by atoms with E-state index in [1.54, 1.807) is 24.8 Å². The Morgan fingerprint density at radius 2 is 2.16 bits per heavy atom. The highest BCUT2D eigenvalue weighted by atomic mass is 32.2. The number of hydrogen-bond acceptors (Lipinski definition) is 3. The smallest absolute Gasteiger partial charge is 0.161 e. The molecule has 0 saturated heterocycles. The minimum Gasteiger partial charge on any atom is -0.335 e. The Morgan fingerprint density at radius 1 is 1.32 bits per heavy atom. The van der Waals surface area contributed by atoms with E-state index in [-0.39, 0.29) is 5.82 Å². The molecule has 0 amide bonds. The molecule has 19 heavy (non-hydrogen) atoms. The van der Waals surface area contributed by atoms with Crippen LogP contribution in [0.1, 0.15) is 31.2 Å². The Kier molecular flexibility index (Phi) is 3.78. The quantitative estimate of drug-likeness (QED) is 0.832. The Hall–Kier alpha value is -1.03. The predicted octanol–water partition coefficient (Wildman–Crippen LogP) is 4.21. The summed E-state index contributed by atoms with van der Waals surface area (Å²) in [6.07, 6.45) is 5.16. The van der Waals surface area contributed by atoms with Gasteiger partial charge in [-0.3, -0.25) is 4.99 Å². The number of halogens is 1. The van der Waals surface area contributed by atoms with Crippen molar-refractivity contribution in [3.8, 4) is 0 Å². The lowest BCUT2D eigenvalue weighted by atomic mass is 9.86. The summed E-state index contributed by atoms with van der Waals surface area (Å²) in [4.78, 5) is 4.82. The number of aliphatic imine (C=N–C) groups is 1. The van der Waals surface area contributed by atoms with Crippen LogP contribution in [0.25, 0.3) is 0 Å². The maximum Gasteiger partial charge on any atom is 0.161 e. The normalized spacial score (nSPS) is 26.5. The standard InChI is InChI=1S/C15H19FN2S/c1-10-12(16)6-4-8-13(10)17-15-18-14-7-3-2-5-11(14)9-19-15/h4,6,8,11,14H,2-3,5,7,9H2,1H3,(H,17,18). The van der Waals surface area contributed by atoms with Crippen LogP contribution in [0.3, 0.4) is 0 Å². The van der Waals surface area contributed by atoms with Gasteiger partial charge in [-0.25, -0.2) is 4.39 Å². The van der Waals surface area contributed by atoms with Gasteiger partial charge in [0.25, 0.3) is 0 Å². The fourth-order valence-corrected chi connectivity index (χ4v) is 4.01. The molecule has 0 radical (unpaired) electrons. The number of nitrogens with one attached hydrogen (secondary N) is 1. The molecule has 102 valence electrons. The molecule has 1 aromatic rings. The first-order valence-corrected chi connectivity index (χ1v) is 7.95. The Labute approximate surface area is 117 Å². The van der Waals surface area contributed by atoms with Crippen LogP contribution in [-0.2, 0) is 0 Å². The summed E-state index contributed by atoms with van der Waals surface area (Å²) in [7, 11) is 0. The number of amidine groups is 1. The fraction of sp³-hybridized carbons (Fsp3) is 0.533. The lowest BCUT2D eigenvalue weighted by Crippen LogP contribution is -2.31. The van der Waals surface area contributed by atoms with Gasteiger partial charge in [0.05, 0.1) is 6.04 Å². The molecule has 1 aromatic carbocycles. The van der Waals surface area contributed by atoms with Gasteiger partial charge in [0.1, 0.15) is 5.82 Å². The van der Waals surface area contributed by atoms with Crippen LogP contribution < -0.4 is 5.32 Å². The number of hydrogen-bond donors (Lipinski definition) is 1. The van der Waals surface area contributed by atoms with E-state index in [0.29, 0.717) is 11.6 Å². The maximum absolute atomic E-state index is 13.5. The van der Waals surface area contributed by atoms with E-state index in [1.807, 2.05) is 6.07 Å². The van der Waals surface area contributed by atoms with E-state index >= 15 is 0 Å². The van der Waals surface area contributed by atoms with Gasteiger partial charge in [-0.05, 0) is 37.8 Å². The SMILES string of the molecule is Cc1c(F)cccc1NC1=NC2CCCCC2CS1. The molecule has 2 unspecified atom stereocenters. The molecule has 1 fully saturated rings. The molecular formula is C15H19FN2S. The third-order valence-corrected chi connectivity index (χ3v) is 5.17. The van der Waals surface area contributed by atoms with Crippen molar-refractivity contribution < 1.29 is 4.39 Å². The minimum absolute atomic E-state index is 0.165. The van der Waals surface area contributed by atoms with Crippen LogP contribution in [0.4, 0.5) is 10.1 Å². The average molecular weight is 278 g/mol. The second kappa shape index (κ2) is 5.53. The van der Waals surface area contributed by atoms with Gasteiger partial charge >= 0.3 is 0 Å². The molecule has 0 bridgehead atoms. The molecule has 2 nitrogen and oxygen atoms in total. The topological polar surface area (TPSA) is 24.4 Å². The van der Waals surface area contributed by atoms with Crippen molar-refractivity contribution in [2.24, 2.45) is 10.9 Å². The summed E-state index contributed by atoms with van der Waals surface area (Å²) in [5.41, 5.74) is 1.50. The molecule has 1 heterocycles. The highest BCUT2D eigenvalue weighted by Gasteiger charge is 2.29. The molecule has 1 aliphatic carbocycles. The van der Waals surface area contributed by atoms with Crippen LogP contribution in [0.15, 0.2) is 23.2 Å². The van der Waals surface area contributed by atoms with Crippen LogP contribution >= 0.6 is 11.8 Å². The lowest BCUT2D eigenvalue weighted by molar-refractivity contribution is 0.336. The summed E-state index contributed by atoms with van der Waals surface area (Å²) in [5, 5.41) is 4.25. The average Bonchev–Trinajstić information content (AvgIpc) is 2.44. The largest absolute Gasteiger partial charge is 0.335 e. The van der Waals surface area contributed by atoms with Crippen LogP contribution in [0, 0.1) is 18.7 Å². The van der Waals surface area contributed by atoms with Gasteiger partial charge in [0, 0.05) is 17.0 Å². The van der Waals surface area contributed by atoms with Gasteiger partial charge in [-0.2, -0.15) is 0 Å². The minimum atomic E-state index is -0.165. The number of nitrogens with zero attached hydrogens (tertiary/aromatic N) is 1. The van der Waals surface area contributed by atoms with Gasteiger partial charge in [0.2, 0.25) is 0 Å². The molecule has 4 heteroatoms. The Balaban J connectivity index is 1.76. The zero-order valence-corrected chi connectivity index (χ0v) is 12.0. The number of benzene rings is 1. The summed E-state index contributed by atoms with van der Waals surface area (Å²) in [5.74, 6) is 1.73. The van der Waals surface area contributed by atoms with Crippen molar-refractivity contribution in [1.29, 1.82) is 0 Å². The number of anilines is 1. The van der Waals surface area contributed by atoms with Gasteiger partial charge in [-0.15, -0.1) is 0 Å². The molecule has 0 spiro atoms. The number of fused-ring (bicyclic) bond motifs is 1. The van der Waals surface area contributed by atoms with Crippen molar-refractivity contribution >= 4 is 22.6 Å². The highest BCUT2D eigenvalue weighted by molar-refractivity contribution is 8.14. The first-order valence-electron chi connectivity index (χ1n) is 6.97. The summed E-state index contributed by atoms with van der Waals surface area (Å²) >= 11 is 1.77. The van der Waals surface area contributed by atoms with E-state index in [0.717, 1.165) is 22.5 Å². The van der Waals surface area contributed by atoms with Gasteiger partial charge < -0.3 is 5.32 Å². The van der Waals surface area contributed by atoms with E-state index in [4.69, 9.17) is 4.99 Å². The highest BCUT2D eigenvalue weighted by Crippen LogP contribution is 2.34. The first-order chi connectivity index (χ1) is 9.24. The van der Waals surface area contributed by atoms with E-state index in [9.17, 15) is 4.39 Å². The Morgan fingerprint density at radius 3 is 3.05 bits per heavy atom. The first kappa shape index (κ1) is 13.0. The Bertz CT molecular complexity index is 501. The van der Waals surface area contributed by atoms with Crippen molar-refractivity contribution in [3.05, 3.63) is 29.6 Å². The monoisotopic (exact) mass is 278 g/mol. The zero-order chi connectivity index (χ0) is 13.2. The zero-order valence-electron chi connectivity index (χ0n) is 11.2. The summed E-state index contributed by atoms with van der Waals surface area (Å²) < 4.78 is 13.5. The van der Waals surface area contributed by atoms with Crippen molar-refractivity contribution in [2.45, 2.75) is 38.6 Å². The molecule has 1 aliphatic heterocycles. The second-order valence-corrected chi connectivity index (χ2v) is 6.40. The van der Waals surface area contributed by atoms with E-state index < -0.39 is 0 Å². The van der Waals surface area contributed by atoms with Crippen molar-refractivity contribution in [3.63, 3.8) is 0 Å². The van der Waals surface area contributed by atoms with E-state index in [1.165, 1.54) is 31.7 Å². The number of thioether (sulfide) groups is 1. The second-order valence-electron chi connectivity index (χ2n) is 5.39. The molecule has 1 saturated carbocycles. The van der Waals surface area contributed by atoms with Gasteiger partial charge in [-0.1, -0.05) is 30.7 Å². The fourth-order valence-electron chi connectivity index (χ4n) is 2.85. The predicted molar refractivity (Wildman–Crippen MR) is 80.4 cm³/mol. The van der Waals surface area contributed by atoms with E-state index in [2.05, 4.69) is 5.32 Å². The molecule has 2 atom stereocenters. The summed E-state index contributed by atoms with van der Waals surface area (Å²) in [6.45, 7) is 1.80. The van der Waals surface area contributed by atoms with Crippen molar-refractivity contribution in [2.75, 3.05) is 11.1 Å². The number of rotatable bonds is 1. The summed E-state index contributed by atoms with van der Waals surface area (Å²) in [6, 6.07) is 5.62. The van der Waals surface area contributed by atoms with Gasteiger partial charge in [0.15, 0.2) is 5.17 Å². The molecule has 0 aromatic heterocycles. The van der Waals surface area contributed by atoms with Crippen LogP contribution in [0.5, 0.6) is 0 Å². The molecule has 1 N–H and O–H groups in total. The van der Waals surface area contributed by atoms with Crippen LogP contribution in [0.2, 0.25) is 0 Å². The lowest BCUT2D eigenvalue weighted by Gasteiger charge is -2.32. The third kappa shape index (κ3) is 2.78. The molecular weight excluding hydrogens is 259 g/mol. The third-order valence-electron chi connectivity index (χ3n) is 4.10. The maximum atomic E-state index is 13.5. The van der Waals surface area contributed by atoms with Crippen molar-refractivity contribution in [1.82, 2.24) is 0 Å². The van der Waals surface area contributed by atoms with Crippen LogP contribution in [-0.4, -0.2) is 17.0 Å². The molecule has 3 rings (SSSR count). The molecule has 2 aliphatic rings.